The van der Waals surface area contributed by atoms with Crippen LogP contribution in [0.2, 0.25) is 0 Å². The number of aromatic nitrogens is 2. The average molecular weight is 186 g/mol. The maximum Gasteiger partial charge on any atom is 0.288 e. The lowest BCUT2D eigenvalue weighted by atomic mass is 10.1. The van der Waals surface area contributed by atoms with Crippen molar-refractivity contribution < 1.29 is 8.78 Å². The summed E-state index contributed by atoms with van der Waals surface area (Å²) in [4.78, 5) is 7.56. The summed E-state index contributed by atoms with van der Waals surface area (Å²) in [6.07, 6.45) is 2.73. The lowest BCUT2D eigenvalue weighted by Gasteiger charge is -2.14. The smallest absolute Gasteiger partial charge is 0.257 e. The van der Waals surface area contributed by atoms with E-state index in [1.165, 1.54) is 12.4 Å². The molecule has 4 heteroatoms. The van der Waals surface area contributed by atoms with Crippen LogP contribution in [0.1, 0.15) is 38.1 Å². The fourth-order valence-corrected chi connectivity index (χ4v) is 1.11. The molecule has 0 atom stereocenters. The van der Waals surface area contributed by atoms with Gasteiger partial charge in [0.05, 0.1) is 5.69 Å². The molecule has 72 valence electrons. The molecule has 2 nitrogen and oxygen atoms in total. The predicted molar refractivity (Wildman–Crippen MR) is 45.7 cm³/mol. The standard InChI is InChI=1S/C9H12F2N2/c1-6(2)7-8(9(3,10)11)13-5-4-12-7/h4-6H,1-3H3. The van der Waals surface area contributed by atoms with Crippen LogP contribution < -0.4 is 0 Å². The Balaban J connectivity index is 3.20. The zero-order valence-electron chi connectivity index (χ0n) is 7.88. The maximum absolute atomic E-state index is 13.0. The first kappa shape index (κ1) is 10.0. The second-order valence-electron chi connectivity index (χ2n) is 3.33. The van der Waals surface area contributed by atoms with Gasteiger partial charge in [-0.3, -0.25) is 9.97 Å². The summed E-state index contributed by atoms with van der Waals surface area (Å²) >= 11 is 0. The molecule has 1 heterocycles. The van der Waals surface area contributed by atoms with E-state index in [9.17, 15) is 8.78 Å². The first-order chi connectivity index (χ1) is 5.93. The van der Waals surface area contributed by atoms with Crippen LogP contribution in [0.15, 0.2) is 12.4 Å². The second kappa shape index (κ2) is 3.36. The van der Waals surface area contributed by atoms with E-state index in [4.69, 9.17) is 0 Å². The molecule has 0 saturated heterocycles. The van der Waals surface area contributed by atoms with Gasteiger partial charge in [0, 0.05) is 19.3 Å². The maximum atomic E-state index is 13.0. The summed E-state index contributed by atoms with van der Waals surface area (Å²) < 4.78 is 25.9. The SMILES string of the molecule is CC(C)c1nccnc1C(C)(F)F. The van der Waals surface area contributed by atoms with E-state index in [-0.39, 0.29) is 11.6 Å². The fourth-order valence-electron chi connectivity index (χ4n) is 1.11. The van der Waals surface area contributed by atoms with Crippen LogP contribution in [-0.4, -0.2) is 9.97 Å². The average Bonchev–Trinajstić information content (AvgIpc) is 2.03. The Morgan fingerprint density at radius 3 is 2.15 bits per heavy atom. The Morgan fingerprint density at radius 2 is 1.77 bits per heavy atom. The van der Waals surface area contributed by atoms with Crippen molar-refractivity contribution in [2.75, 3.05) is 0 Å². The number of hydrogen-bond donors (Lipinski definition) is 0. The second-order valence-corrected chi connectivity index (χ2v) is 3.33. The molecule has 0 fully saturated rings. The van der Waals surface area contributed by atoms with Crippen molar-refractivity contribution in [2.45, 2.75) is 32.6 Å². The molecule has 0 amide bonds. The monoisotopic (exact) mass is 186 g/mol. The van der Waals surface area contributed by atoms with Gasteiger partial charge in [-0.1, -0.05) is 13.8 Å². The highest BCUT2D eigenvalue weighted by Gasteiger charge is 2.30. The quantitative estimate of drug-likeness (QED) is 0.709. The van der Waals surface area contributed by atoms with Crippen LogP contribution in [0.25, 0.3) is 0 Å². The molecule has 1 aromatic rings. The van der Waals surface area contributed by atoms with Gasteiger partial charge in [0.2, 0.25) is 0 Å². The number of rotatable bonds is 2. The van der Waals surface area contributed by atoms with E-state index in [0.717, 1.165) is 6.92 Å². The Kier molecular flexibility index (Phi) is 2.59. The molecule has 0 spiro atoms. The third kappa shape index (κ3) is 2.20. The van der Waals surface area contributed by atoms with Crippen LogP contribution in [0.5, 0.6) is 0 Å². The third-order valence-electron chi connectivity index (χ3n) is 1.69. The van der Waals surface area contributed by atoms with Gasteiger partial charge >= 0.3 is 0 Å². The van der Waals surface area contributed by atoms with Crippen molar-refractivity contribution in [1.82, 2.24) is 9.97 Å². The highest BCUT2D eigenvalue weighted by Crippen LogP contribution is 2.29. The van der Waals surface area contributed by atoms with Crippen molar-refractivity contribution in [1.29, 1.82) is 0 Å². The molecule has 13 heavy (non-hydrogen) atoms. The summed E-state index contributed by atoms with van der Waals surface area (Å²) in [5.41, 5.74) is 0.153. The van der Waals surface area contributed by atoms with Crippen molar-refractivity contribution in [3.63, 3.8) is 0 Å². The van der Waals surface area contributed by atoms with Gasteiger partial charge in [-0.15, -0.1) is 0 Å². The lowest BCUT2D eigenvalue weighted by Crippen LogP contribution is -2.15. The number of nitrogens with zero attached hydrogens (tertiary/aromatic N) is 2. The van der Waals surface area contributed by atoms with Gasteiger partial charge < -0.3 is 0 Å². The van der Waals surface area contributed by atoms with Gasteiger partial charge in [0.1, 0.15) is 5.69 Å². The summed E-state index contributed by atoms with van der Waals surface area (Å²) in [7, 11) is 0. The Morgan fingerprint density at radius 1 is 1.23 bits per heavy atom. The van der Waals surface area contributed by atoms with Crippen molar-refractivity contribution >= 4 is 0 Å². The van der Waals surface area contributed by atoms with Gasteiger partial charge in [0.15, 0.2) is 0 Å². The molecular formula is C9H12F2N2. The van der Waals surface area contributed by atoms with Crippen molar-refractivity contribution in [2.24, 2.45) is 0 Å². The molecule has 1 aromatic heterocycles. The number of hydrogen-bond acceptors (Lipinski definition) is 2. The summed E-state index contributed by atoms with van der Waals surface area (Å²) in [6, 6.07) is 0. The fraction of sp³-hybridized carbons (Fsp3) is 0.556. The molecule has 0 saturated carbocycles. The van der Waals surface area contributed by atoms with Crippen LogP contribution in [0.4, 0.5) is 8.78 Å². The molecule has 0 aliphatic carbocycles. The van der Waals surface area contributed by atoms with Crippen molar-refractivity contribution in [3.05, 3.63) is 23.8 Å². The predicted octanol–water partition coefficient (Wildman–Crippen LogP) is 2.71. The molecular weight excluding hydrogens is 174 g/mol. The summed E-state index contributed by atoms with van der Waals surface area (Å²) in [5, 5.41) is 0. The minimum atomic E-state index is -2.91. The molecule has 0 aromatic carbocycles. The minimum absolute atomic E-state index is 0.0328. The van der Waals surface area contributed by atoms with E-state index in [0.29, 0.717) is 5.69 Å². The van der Waals surface area contributed by atoms with Gasteiger partial charge in [0.25, 0.3) is 5.92 Å². The third-order valence-corrected chi connectivity index (χ3v) is 1.69. The molecule has 0 radical (unpaired) electrons. The normalized spacial score (nSPS) is 12.2. The number of alkyl halides is 2. The van der Waals surface area contributed by atoms with Gasteiger partial charge in [-0.25, -0.2) is 0 Å². The Bertz CT molecular complexity index is 292. The molecule has 0 bridgehead atoms. The lowest BCUT2D eigenvalue weighted by molar-refractivity contribution is 0.0110. The zero-order chi connectivity index (χ0) is 10.1. The largest absolute Gasteiger partial charge is 0.288 e. The van der Waals surface area contributed by atoms with Crippen LogP contribution in [-0.2, 0) is 5.92 Å². The Hall–Kier alpha value is -1.06. The van der Waals surface area contributed by atoms with Crippen LogP contribution in [0, 0.1) is 0 Å². The molecule has 0 unspecified atom stereocenters. The van der Waals surface area contributed by atoms with Crippen LogP contribution >= 0.6 is 0 Å². The van der Waals surface area contributed by atoms with E-state index in [1.807, 2.05) is 13.8 Å². The van der Waals surface area contributed by atoms with E-state index in [1.54, 1.807) is 0 Å². The summed E-state index contributed by atoms with van der Waals surface area (Å²) in [5.74, 6) is -2.94. The van der Waals surface area contributed by atoms with E-state index >= 15 is 0 Å². The highest BCUT2D eigenvalue weighted by molar-refractivity contribution is 5.18. The van der Waals surface area contributed by atoms with Gasteiger partial charge in [-0.2, -0.15) is 8.78 Å². The summed E-state index contributed by atoms with van der Waals surface area (Å²) in [6.45, 7) is 4.47. The molecule has 0 aliphatic heterocycles. The number of halogens is 2. The van der Waals surface area contributed by atoms with E-state index in [2.05, 4.69) is 9.97 Å². The van der Waals surface area contributed by atoms with E-state index < -0.39 is 5.92 Å². The molecule has 0 N–H and O–H groups in total. The van der Waals surface area contributed by atoms with Crippen LogP contribution in [0.3, 0.4) is 0 Å². The Labute approximate surface area is 76.0 Å². The van der Waals surface area contributed by atoms with Gasteiger partial charge in [-0.05, 0) is 5.92 Å². The van der Waals surface area contributed by atoms with Crippen molar-refractivity contribution in [3.8, 4) is 0 Å². The topological polar surface area (TPSA) is 25.8 Å². The highest BCUT2D eigenvalue weighted by atomic mass is 19.3. The molecule has 1 rings (SSSR count). The minimum Gasteiger partial charge on any atom is -0.257 e. The zero-order valence-corrected chi connectivity index (χ0v) is 7.88. The first-order valence-corrected chi connectivity index (χ1v) is 4.12. The molecule has 0 aliphatic rings. The first-order valence-electron chi connectivity index (χ1n) is 4.12.